The predicted molar refractivity (Wildman–Crippen MR) is 65.1 cm³/mol. The van der Waals surface area contributed by atoms with Crippen LogP contribution in [0.3, 0.4) is 0 Å². The number of nitrogens with zero attached hydrogens (tertiary/aromatic N) is 1. The van der Waals surface area contributed by atoms with Gasteiger partial charge in [-0.15, -0.1) is 0 Å². The van der Waals surface area contributed by atoms with Gasteiger partial charge in [0.2, 0.25) is 0 Å². The minimum Gasteiger partial charge on any atom is -0.394 e. The summed E-state index contributed by atoms with van der Waals surface area (Å²) in [5, 5.41) is 10.2. The van der Waals surface area contributed by atoms with Crippen molar-refractivity contribution in [3.05, 3.63) is 42.1 Å². The van der Waals surface area contributed by atoms with Crippen LogP contribution in [0.5, 0.6) is 0 Å². The smallest absolute Gasteiger partial charge is 0.0702 e. The molecule has 2 aromatic rings. The molecule has 16 heavy (non-hydrogen) atoms. The number of benzene rings is 1. The topological polar surface area (TPSA) is 59.1 Å². The van der Waals surface area contributed by atoms with Crippen LogP contribution < -0.4 is 5.73 Å². The maximum absolute atomic E-state index is 9.12. The quantitative estimate of drug-likeness (QED) is 0.817. The number of hydrogen-bond acceptors (Lipinski definition) is 3. The molecular formula is C13H16N2O. The molecular weight excluding hydrogens is 200 g/mol. The number of hydrogen-bond donors (Lipinski definition) is 2. The van der Waals surface area contributed by atoms with E-state index in [1.54, 1.807) is 0 Å². The molecule has 0 fully saturated rings. The highest BCUT2D eigenvalue weighted by molar-refractivity contribution is 5.78. The molecule has 0 amide bonds. The van der Waals surface area contributed by atoms with Crippen molar-refractivity contribution < 1.29 is 5.11 Å². The summed E-state index contributed by atoms with van der Waals surface area (Å²) in [4.78, 5) is 4.36. The number of para-hydroxylation sites is 1. The summed E-state index contributed by atoms with van der Waals surface area (Å²) in [6, 6.07) is 10.0. The van der Waals surface area contributed by atoms with E-state index in [-0.39, 0.29) is 6.61 Å². The third-order valence-electron chi connectivity index (χ3n) is 2.62. The van der Waals surface area contributed by atoms with Crippen LogP contribution in [0.25, 0.3) is 10.9 Å². The van der Waals surface area contributed by atoms with E-state index in [0.717, 1.165) is 16.5 Å². The minimum absolute atomic E-state index is 0.0279. The number of nitrogens with two attached hydrogens (primary N) is 1. The second-order valence-corrected chi connectivity index (χ2v) is 4.53. The van der Waals surface area contributed by atoms with Crippen molar-refractivity contribution in [2.45, 2.75) is 18.9 Å². The Labute approximate surface area is 94.9 Å². The molecule has 1 heterocycles. The predicted octanol–water partition coefficient (Wildman–Crippen LogP) is 1.49. The Kier molecular flexibility index (Phi) is 2.90. The van der Waals surface area contributed by atoms with Crippen LogP contribution in [0, 0.1) is 0 Å². The molecule has 1 aromatic carbocycles. The fraction of sp³-hybridized carbons (Fsp3) is 0.308. The number of aliphatic hydroxyl groups is 1. The molecule has 3 nitrogen and oxygen atoms in total. The van der Waals surface area contributed by atoms with Gasteiger partial charge in [0.1, 0.15) is 0 Å². The number of rotatable bonds is 3. The van der Waals surface area contributed by atoms with Crippen LogP contribution in [-0.2, 0) is 6.42 Å². The van der Waals surface area contributed by atoms with Crippen molar-refractivity contribution in [2.24, 2.45) is 5.73 Å². The minimum atomic E-state index is -0.579. The number of pyridine rings is 1. The van der Waals surface area contributed by atoms with E-state index in [1.807, 2.05) is 37.4 Å². The zero-order valence-electron chi connectivity index (χ0n) is 9.35. The second-order valence-electron chi connectivity index (χ2n) is 4.53. The summed E-state index contributed by atoms with van der Waals surface area (Å²) in [5.41, 5.74) is 7.37. The molecule has 1 atom stereocenters. The summed E-state index contributed by atoms with van der Waals surface area (Å²) in [6.07, 6.45) is 2.45. The van der Waals surface area contributed by atoms with E-state index < -0.39 is 5.54 Å². The van der Waals surface area contributed by atoms with Crippen molar-refractivity contribution in [3.8, 4) is 0 Å². The van der Waals surface area contributed by atoms with Crippen molar-refractivity contribution >= 4 is 10.9 Å². The molecule has 1 unspecified atom stereocenters. The Hall–Kier alpha value is -1.45. The summed E-state index contributed by atoms with van der Waals surface area (Å²) in [6.45, 7) is 1.81. The normalized spacial score (nSPS) is 14.9. The second kappa shape index (κ2) is 4.20. The Morgan fingerprint density at radius 2 is 2.12 bits per heavy atom. The molecule has 2 rings (SSSR count). The Bertz CT molecular complexity index is 494. The van der Waals surface area contributed by atoms with E-state index in [2.05, 4.69) is 11.1 Å². The number of aromatic nitrogens is 1. The maximum Gasteiger partial charge on any atom is 0.0702 e. The lowest BCUT2D eigenvalue weighted by Crippen LogP contribution is -2.42. The van der Waals surface area contributed by atoms with Gasteiger partial charge in [0, 0.05) is 17.1 Å². The Morgan fingerprint density at radius 1 is 1.38 bits per heavy atom. The summed E-state index contributed by atoms with van der Waals surface area (Å²) >= 11 is 0. The van der Waals surface area contributed by atoms with Crippen LogP contribution in [0.2, 0.25) is 0 Å². The van der Waals surface area contributed by atoms with Gasteiger partial charge in [-0.25, -0.2) is 0 Å². The first-order chi connectivity index (χ1) is 7.61. The first kappa shape index (κ1) is 11.0. The molecule has 1 aromatic heterocycles. The van der Waals surface area contributed by atoms with E-state index in [4.69, 9.17) is 10.8 Å². The molecule has 0 spiro atoms. The maximum atomic E-state index is 9.12. The fourth-order valence-corrected chi connectivity index (χ4v) is 1.74. The van der Waals surface area contributed by atoms with Gasteiger partial charge in [0.15, 0.2) is 0 Å². The van der Waals surface area contributed by atoms with Gasteiger partial charge in [-0.05, 0) is 31.0 Å². The van der Waals surface area contributed by atoms with E-state index in [0.29, 0.717) is 6.42 Å². The van der Waals surface area contributed by atoms with Gasteiger partial charge in [-0.2, -0.15) is 0 Å². The molecule has 0 radical (unpaired) electrons. The highest BCUT2D eigenvalue weighted by atomic mass is 16.3. The lowest BCUT2D eigenvalue weighted by atomic mass is 9.95. The van der Waals surface area contributed by atoms with Crippen molar-refractivity contribution in [1.82, 2.24) is 4.98 Å². The molecule has 3 heteroatoms. The van der Waals surface area contributed by atoms with E-state index in [9.17, 15) is 0 Å². The average molecular weight is 216 g/mol. The monoisotopic (exact) mass is 216 g/mol. The molecule has 3 N–H and O–H groups in total. The summed E-state index contributed by atoms with van der Waals surface area (Å²) in [7, 11) is 0. The van der Waals surface area contributed by atoms with E-state index >= 15 is 0 Å². The molecule has 0 bridgehead atoms. The SMILES string of the molecule is CC(N)(CO)Cc1cnc2ccccc2c1. The lowest BCUT2D eigenvalue weighted by Gasteiger charge is -2.21. The Morgan fingerprint density at radius 3 is 2.88 bits per heavy atom. The highest BCUT2D eigenvalue weighted by Gasteiger charge is 2.17. The average Bonchev–Trinajstić information content (AvgIpc) is 2.28. The van der Waals surface area contributed by atoms with Crippen LogP contribution >= 0.6 is 0 Å². The van der Waals surface area contributed by atoms with Crippen molar-refractivity contribution in [2.75, 3.05) is 6.61 Å². The summed E-state index contributed by atoms with van der Waals surface area (Å²) in [5.74, 6) is 0. The van der Waals surface area contributed by atoms with Crippen molar-refractivity contribution in [3.63, 3.8) is 0 Å². The molecule has 0 saturated carbocycles. The van der Waals surface area contributed by atoms with Gasteiger partial charge in [0.05, 0.1) is 12.1 Å². The molecule has 0 aliphatic heterocycles. The van der Waals surface area contributed by atoms with Gasteiger partial charge in [-0.1, -0.05) is 18.2 Å². The molecule has 0 aliphatic carbocycles. The van der Waals surface area contributed by atoms with Gasteiger partial charge in [-0.3, -0.25) is 4.98 Å². The summed E-state index contributed by atoms with van der Waals surface area (Å²) < 4.78 is 0. The van der Waals surface area contributed by atoms with Gasteiger partial charge >= 0.3 is 0 Å². The standard InChI is InChI=1S/C13H16N2O/c1-13(14,9-16)7-10-6-11-4-2-3-5-12(11)15-8-10/h2-6,8,16H,7,9,14H2,1H3. The Balaban J connectivity index is 2.33. The number of aliphatic hydroxyl groups excluding tert-OH is 1. The van der Waals surface area contributed by atoms with Crippen LogP contribution in [0.4, 0.5) is 0 Å². The van der Waals surface area contributed by atoms with Crippen LogP contribution in [0.15, 0.2) is 36.5 Å². The highest BCUT2D eigenvalue weighted by Crippen LogP contribution is 2.16. The zero-order chi connectivity index (χ0) is 11.6. The fourth-order valence-electron chi connectivity index (χ4n) is 1.74. The largest absolute Gasteiger partial charge is 0.394 e. The zero-order valence-corrected chi connectivity index (χ0v) is 9.35. The first-order valence-corrected chi connectivity index (χ1v) is 5.34. The third-order valence-corrected chi connectivity index (χ3v) is 2.62. The molecule has 0 aliphatic rings. The molecule has 84 valence electrons. The van der Waals surface area contributed by atoms with Gasteiger partial charge in [0.25, 0.3) is 0 Å². The lowest BCUT2D eigenvalue weighted by molar-refractivity contribution is 0.208. The number of fused-ring (bicyclic) bond motifs is 1. The van der Waals surface area contributed by atoms with E-state index in [1.165, 1.54) is 0 Å². The van der Waals surface area contributed by atoms with Crippen LogP contribution in [-0.4, -0.2) is 22.2 Å². The molecule has 0 saturated heterocycles. The van der Waals surface area contributed by atoms with Crippen molar-refractivity contribution in [1.29, 1.82) is 0 Å². The third kappa shape index (κ3) is 2.38. The van der Waals surface area contributed by atoms with Crippen LogP contribution in [0.1, 0.15) is 12.5 Å². The first-order valence-electron chi connectivity index (χ1n) is 5.34. The van der Waals surface area contributed by atoms with Gasteiger partial charge < -0.3 is 10.8 Å².